The topological polar surface area (TPSA) is 99.7 Å². The predicted molar refractivity (Wildman–Crippen MR) is 80.4 cm³/mol. The van der Waals surface area contributed by atoms with Crippen molar-refractivity contribution in [1.29, 1.82) is 0 Å². The molecule has 108 valence electrons. The van der Waals surface area contributed by atoms with Crippen LogP contribution in [0.3, 0.4) is 0 Å². The van der Waals surface area contributed by atoms with Crippen molar-refractivity contribution >= 4 is 39.4 Å². The molecular formula is C12H13N7OS. The van der Waals surface area contributed by atoms with Gasteiger partial charge in [-0.1, -0.05) is 0 Å². The molecule has 3 aromatic rings. The molecule has 0 aromatic carbocycles. The number of aryl methyl sites for hydroxylation is 1. The average Bonchev–Trinajstić information content (AvgIpc) is 3.06. The van der Waals surface area contributed by atoms with Gasteiger partial charge in [-0.25, -0.2) is 19.9 Å². The van der Waals surface area contributed by atoms with Gasteiger partial charge in [0, 0.05) is 12.4 Å². The highest BCUT2D eigenvalue weighted by Gasteiger charge is 2.14. The standard InChI is InChI=1S/C12H13N7OS/c1-7-4-21-12(17-7)18-8(20)3-19(2)11-9-10(14-5-13-9)15-6-16-11/h4-6H,3H2,1-2H3,(H,17,18,20)(H,13,14,15,16). The molecule has 9 heteroatoms. The number of amides is 1. The summed E-state index contributed by atoms with van der Waals surface area (Å²) in [6.45, 7) is 2.04. The fraction of sp³-hybridized carbons (Fsp3) is 0.250. The largest absolute Gasteiger partial charge is 0.348 e. The number of carbonyl (C=O) groups excluding carboxylic acids is 1. The molecule has 0 aliphatic carbocycles. The molecule has 0 bridgehead atoms. The summed E-state index contributed by atoms with van der Waals surface area (Å²) in [5, 5.41) is 5.25. The first-order valence-electron chi connectivity index (χ1n) is 6.20. The van der Waals surface area contributed by atoms with Crippen LogP contribution in [0.2, 0.25) is 0 Å². The normalized spacial score (nSPS) is 10.8. The third kappa shape index (κ3) is 2.82. The number of imidazole rings is 1. The van der Waals surface area contributed by atoms with Gasteiger partial charge in [0.2, 0.25) is 5.91 Å². The van der Waals surface area contributed by atoms with Crippen LogP contribution in [0, 0.1) is 6.92 Å². The molecule has 0 fully saturated rings. The Morgan fingerprint density at radius 2 is 2.29 bits per heavy atom. The van der Waals surface area contributed by atoms with Crippen molar-refractivity contribution in [2.45, 2.75) is 6.92 Å². The molecule has 0 saturated carbocycles. The Kier molecular flexibility index (Phi) is 3.48. The smallest absolute Gasteiger partial charge is 0.245 e. The molecule has 3 aromatic heterocycles. The summed E-state index contributed by atoms with van der Waals surface area (Å²) in [5.74, 6) is 0.473. The van der Waals surface area contributed by atoms with Crippen LogP contribution in [0.4, 0.5) is 10.9 Å². The predicted octanol–water partition coefficient (Wildman–Crippen LogP) is 1.19. The van der Waals surface area contributed by atoms with E-state index in [2.05, 4.69) is 30.2 Å². The summed E-state index contributed by atoms with van der Waals surface area (Å²) in [4.78, 5) is 33.2. The molecule has 3 heterocycles. The summed E-state index contributed by atoms with van der Waals surface area (Å²) in [5.41, 5.74) is 2.17. The lowest BCUT2D eigenvalue weighted by Gasteiger charge is -2.17. The van der Waals surface area contributed by atoms with Crippen molar-refractivity contribution in [2.75, 3.05) is 23.8 Å². The van der Waals surface area contributed by atoms with E-state index >= 15 is 0 Å². The second-order valence-corrected chi connectivity index (χ2v) is 5.35. The number of carbonyl (C=O) groups is 1. The minimum atomic E-state index is -0.155. The van der Waals surface area contributed by atoms with E-state index in [4.69, 9.17) is 0 Å². The monoisotopic (exact) mass is 303 g/mol. The second-order valence-electron chi connectivity index (χ2n) is 4.50. The number of fused-ring (bicyclic) bond motifs is 1. The molecule has 3 rings (SSSR count). The molecule has 21 heavy (non-hydrogen) atoms. The molecule has 0 atom stereocenters. The second kappa shape index (κ2) is 5.44. The first-order chi connectivity index (χ1) is 10.1. The summed E-state index contributed by atoms with van der Waals surface area (Å²) in [6.07, 6.45) is 2.98. The Bertz CT molecular complexity index is 781. The number of aromatic nitrogens is 5. The van der Waals surface area contributed by atoms with E-state index in [1.165, 1.54) is 17.7 Å². The quantitative estimate of drug-likeness (QED) is 0.751. The van der Waals surface area contributed by atoms with Crippen molar-refractivity contribution in [1.82, 2.24) is 24.9 Å². The van der Waals surface area contributed by atoms with Gasteiger partial charge in [-0.3, -0.25) is 4.79 Å². The van der Waals surface area contributed by atoms with Crippen LogP contribution in [0.15, 0.2) is 18.0 Å². The molecule has 0 aliphatic heterocycles. The Labute approximate surface area is 124 Å². The fourth-order valence-electron chi connectivity index (χ4n) is 1.90. The van der Waals surface area contributed by atoms with Crippen LogP contribution in [-0.4, -0.2) is 44.4 Å². The fourth-order valence-corrected chi connectivity index (χ4v) is 2.61. The summed E-state index contributed by atoms with van der Waals surface area (Å²) >= 11 is 1.40. The van der Waals surface area contributed by atoms with Crippen LogP contribution >= 0.6 is 11.3 Å². The maximum Gasteiger partial charge on any atom is 0.245 e. The van der Waals surface area contributed by atoms with Gasteiger partial charge in [0.15, 0.2) is 16.6 Å². The number of hydrogen-bond acceptors (Lipinski definition) is 7. The maximum atomic E-state index is 12.0. The third-order valence-electron chi connectivity index (χ3n) is 2.81. The Balaban J connectivity index is 1.72. The van der Waals surface area contributed by atoms with Gasteiger partial charge in [0.25, 0.3) is 0 Å². The summed E-state index contributed by atoms with van der Waals surface area (Å²) < 4.78 is 0. The van der Waals surface area contributed by atoms with E-state index in [9.17, 15) is 4.79 Å². The van der Waals surface area contributed by atoms with Gasteiger partial charge in [-0.15, -0.1) is 11.3 Å². The molecule has 2 N–H and O–H groups in total. The van der Waals surface area contributed by atoms with Gasteiger partial charge < -0.3 is 15.2 Å². The van der Waals surface area contributed by atoms with E-state index in [-0.39, 0.29) is 12.5 Å². The van der Waals surface area contributed by atoms with Crippen LogP contribution in [0.1, 0.15) is 5.69 Å². The van der Waals surface area contributed by atoms with Gasteiger partial charge >= 0.3 is 0 Å². The van der Waals surface area contributed by atoms with Gasteiger partial charge in [-0.05, 0) is 6.92 Å². The zero-order chi connectivity index (χ0) is 14.8. The SMILES string of the molecule is Cc1csc(NC(=O)CN(C)c2ncnc3nc[nH]c23)n1. The van der Waals surface area contributed by atoms with Crippen LogP contribution in [-0.2, 0) is 4.79 Å². The molecule has 0 radical (unpaired) electrons. The van der Waals surface area contributed by atoms with Gasteiger partial charge in [0.1, 0.15) is 11.8 Å². The third-order valence-corrected chi connectivity index (χ3v) is 3.69. The van der Waals surface area contributed by atoms with Crippen molar-refractivity contribution in [3.63, 3.8) is 0 Å². The van der Waals surface area contributed by atoms with E-state index in [0.29, 0.717) is 22.1 Å². The number of H-pyrrole nitrogens is 1. The Hall–Kier alpha value is -2.55. The van der Waals surface area contributed by atoms with Gasteiger partial charge in [-0.2, -0.15) is 0 Å². The van der Waals surface area contributed by atoms with Gasteiger partial charge in [0.05, 0.1) is 18.6 Å². The zero-order valence-corrected chi connectivity index (χ0v) is 12.3. The number of nitrogens with one attached hydrogen (secondary N) is 2. The molecule has 0 saturated heterocycles. The van der Waals surface area contributed by atoms with E-state index in [1.807, 2.05) is 12.3 Å². The molecule has 8 nitrogen and oxygen atoms in total. The highest BCUT2D eigenvalue weighted by molar-refractivity contribution is 7.13. The average molecular weight is 303 g/mol. The molecule has 0 aliphatic rings. The maximum absolute atomic E-state index is 12.0. The Morgan fingerprint density at radius 1 is 1.43 bits per heavy atom. The van der Waals surface area contributed by atoms with Crippen molar-refractivity contribution < 1.29 is 4.79 Å². The van der Waals surface area contributed by atoms with E-state index in [0.717, 1.165) is 5.69 Å². The molecule has 0 unspecified atom stereocenters. The highest BCUT2D eigenvalue weighted by Crippen LogP contribution is 2.18. The number of aromatic amines is 1. The lowest BCUT2D eigenvalue weighted by molar-refractivity contribution is -0.114. The lowest BCUT2D eigenvalue weighted by Crippen LogP contribution is -2.30. The highest BCUT2D eigenvalue weighted by atomic mass is 32.1. The summed E-state index contributed by atoms with van der Waals surface area (Å²) in [7, 11) is 1.79. The first kappa shape index (κ1) is 13.4. The zero-order valence-electron chi connectivity index (χ0n) is 11.5. The molecule has 0 spiro atoms. The first-order valence-corrected chi connectivity index (χ1v) is 7.08. The lowest BCUT2D eigenvalue weighted by atomic mass is 10.4. The number of rotatable bonds is 4. The number of anilines is 2. The van der Waals surface area contributed by atoms with Crippen LogP contribution in [0.25, 0.3) is 11.2 Å². The molecular weight excluding hydrogens is 290 g/mol. The van der Waals surface area contributed by atoms with Crippen molar-refractivity contribution in [3.8, 4) is 0 Å². The van der Waals surface area contributed by atoms with E-state index in [1.54, 1.807) is 18.3 Å². The van der Waals surface area contributed by atoms with Crippen molar-refractivity contribution in [2.24, 2.45) is 0 Å². The summed E-state index contributed by atoms with van der Waals surface area (Å²) in [6, 6.07) is 0. The van der Waals surface area contributed by atoms with Crippen LogP contribution in [0.5, 0.6) is 0 Å². The van der Waals surface area contributed by atoms with Crippen LogP contribution < -0.4 is 10.2 Å². The number of likely N-dealkylation sites (N-methyl/N-ethyl adjacent to an activating group) is 1. The Morgan fingerprint density at radius 3 is 3.05 bits per heavy atom. The van der Waals surface area contributed by atoms with E-state index < -0.39 is 0 Å². The number of nitrogens with zero attached hydrogens (tertiary/aromatic N) is 5. The minimum absolute atomic E-state index is 0.155. The number of thiazole rings is 1. The number of hydrogen-bond donors (Lipinski definition) is 2. The molecule has 1 amide bonds. The minimum Gasteiger partial charge on any atom is -0.348 e. The van der Waals surface area contributed by atoms with Crippen molar-refractivity contribution in [3.05, 3.63) is 23.7 Å².